The Morgan fingerprint density at radius 1 is 1.24 bits per heavy atom. The molecule has 42 heavy (non-hydrogen) atoms. The van der Waals surface area contributed by atoms with Crippen molar-refractivity contribution in [1.29, 1.82) is 0 Å². The number of oxime groups is 1. The molecule has 3 heterocycles. The molecule has 1 aromatic carbocycles. The van der Waals surface area contributed by atoms with Crippen molar-refractivity contribution in [1.82, 2.24) is 14.3 Å². The van der Waals surface area contributed by atoms with Crippen LogP contribution in [0.5, 0.6) is 5.75 Å². The number of nitrogens with two attached hydrogens (primary N) is 1. The summed E-state index contributed by atoms with van der Waals surface area (Å²) in [5, 5.41) is 3.53. The van der Waals surface area contributed by atoms with Crippen LogP contribution in [-0.2, 0) is 46.2 Å². The molecule has 1 unspecified atom stereocenters. The van der Waals surface area contributed by atoms with Gasteiger partial charge in [0.1, 0.15) is 28.4 Å². The first kappa shape index (κ1) is 31.1. The number of hydrogen-bond donors (Lipinski definition) is 1. The highest BCUT2D eigenvalue weighted by atomic mass is 32.2. The number of ether oxygens (including phenoxy) is 2. The number of hydrogen-bond acceptors (Lipinski definition) is 13. The number of ketones is 2. The van der Waals surface area contributed by atoms with Gasteiger partial charge in [-0.3, -0.25) is 23.5 Å². The normalized spacial score (nSPS) is 20.5. The zero-order valence-corrected chi connectivity index (χ0v) is 25.4. The predicted molar refractivity (Wildman–Crippen MR) is 153 cm³/mol. The van der Waals surface area contributed by atoms with Crippen LogP contribution in [0.4, 0.5) is 0 Å². The summed E-state index contributed by atoms with van der Waals surface area (Å²) in [4.78, 5) is 62.6. The fourth-order valence-corrected chi connectivity index (χ4v) is 6.48. The van der Waals surface area contributed by atoms with E-state index in [9.17, 15) is 23.4 Å². The SMILES string of the molecule is COc1ccc(COC(=O)C2=C(CN)CS(=O)[C@@H]3[C@H](CC(=O)/C(=N\OC(C)(C)C(C)=O)c4nsc(C)n4)C(=O)N23)cc1. The highest BCUT2D eigenvalue weighted by molar-refractivity contribution is 7.86. The van der Waals surface area contributed by atoms with Gasteiger partial charge in [-0.15, -0.1) is 0 Å². The van der Waals surface area contributed by atoms with Gasteiger partial charge in [-0.05, 0) is 62.5 Å². The van der Waals surface area contributed by atoms with Gasteiger partial charge in [0.05, 0.1) is 18.8 Å². The minimum absolute atomic E-state index is 0.0108. The standard InChI is InChI=1S/C27H31N5O8S2/c1-14(33)27(3,4)40-30-21(23-29-15(2)41-31-23)20(34)10-19-24(35)32-22(17(11-28)13-42(37)25(19)32)26(36)39-12-16-6-8-18(38-5)9-7-16/h6-9,19,25H,10-13,28H2,1-5H3/b30-21+/t19-,25-,42?/m1/s1. The Bertz CT molecular complexity index is 1500. The second kappa shape index (κ2) is 12.6. The van der Waals surface area contributed by atoms with Gasteiger partial charge in [0.15, 0.2) is 28.7 Å². The van der Waals surface area contributed by atoms with Crippen LogP contribution in [0.25, 0.3) is 0 Å². The minimum Gasteiger partial charge on any atom is -0.497 e. The van der Waals surface area contributed by atoms with Crippen molar-refractivity contribution in [2.45, 2.75) is 51.7 Å². The predicted octanol–water partition coefficient (Wildman–Crippen LogP) is 1.41. The number of carbonyl (C=O) groups excluding carboxylic acids is 4. The summed E-state index contributed by atoms with van der Waals surface area (Å²) >= 11 is 1.04. The molecule has 3 atom stereocenters. The molecular formula is C27H31N5O8S2. The lowest BCUT2D eigenvalue weighted by Crippen LogP contribution is -2.66. The van der Waals surface area contributed by atoms with Crippen LogP contribution in [0.3, 0.4) is 0 Å². The summed E-state index contributed by atoms with van der Waals surface area (Å²) in [6.07, 6.45) is -0.390. The van der Waals surface area contributed by atoms with Crippen molar-refractivity contribution in [3.8, 4) is 5.75 Å². The quantitative estimate of drug-likeness (QED) is 0.157. The highest BCUT2D eigenvalue weighted by Gasteiger charge is 2.57. The van der Waals surface area contributed by atoms with Gasteiger partial charge >= 0.3 is 5.97 Å². The highest BCUT2D eigenvalue weighted by Crippen LogP contribution is 2.41. The molecule has 0 spiro atoms. The zero-order valence-electron chi connectivity index (χ0n) is 23.7. The number of β-lactam (4-membered cyclic amide) rings is 1. The van der Waals surface area contributed by atoms with Crippen LogP contribution >= 0.6 is 11.5 Å². The number of rotatable bonds is 12. The average molecular weight is 618 g/mol. The van der Waals surface area contributed by atoms with E-state index < -0.39 is 51.8 Å². The molecule has 15 heteroatoms. The number of aryl methyl sites for hydroxylation is 1. The number of amides is 1. The summed E-state index contributed by atoms with van der Waals surface area (Å²) in [6, 6.07) is 6.91. The van der Waals surface area contributed by atoms with E-state index in [2.05, 4.69) is 14.5 Å². The maximum atomic E-state index is 13.4. The monoisotopic (exact) mass is 617 g/mol. The van der Waals surface area contributed by atoms with Gasteiger partial charge in [-0.1, -0.05) is 17.3 Å². The van der Waals surface area contributed by atoms with Crippen LogP contribution in [-0.4, -0.2) is 78.0 Å². The summed E-state index contributed by atoms with van der Waals surface area (Å²) in [5.41, 5.74) is 5.23. The molecule has 1 amide bonds. The first-order chi connectivity index (χ1) is 19.9. The van der Waals surface area contributed by atoms with Crippen molar-refractivity contribution < 1.29 is 37.7 Å². The molecular weight excluding hydrogens is 586 g/mol. The van der Waals surface area contributed by atoms with E-state index in [-0.39, 0.29) is 41.9 Å². The third-order valence-electron chi connectivity index (χ3n) is 6.91. The van der Waals surface area contributed by atoms with Crippen molar-refractivity contribution >= 4 is 51.5 Å². The van der Waals surface area contributed by atoms with Gasteiger partial charge in [-0.25, -0.2) is 9.78 Å². The maximum absolute atomic E-state index is 13.4. The first-order valence-corrected chi connectivity index (χ1v) is 15.1. The van der Waals surface area contributed by atoms with Crippen LogP contribution in [0.15, 0.2) is 40.7 Å². The number of carbonyl (C=O) groups is 4. The third-order valence-corrected chi connectivity index (χ3v) is 9.24. The lowest BCUT2D eigenvalue weighted by atomic mass is 9.89. The Labute approximate surface area is 248 Å². The Balaban J connectivity index is 1.53. The molecule has 1 saturated heterocycles. The van der Waals surface area contributed by atoms with Crippen molar-refractivity contribution in [2.24, 2.45) is 16.8 Å². The molecule has 2 aliphatic rings. The van der Waals surface area contributed by atoms with Gasteiger partial charge < -0.3 is 20.0 Å². The van der Waals surface area contributed by atoms with E-state index in [4.69, 9.17) is 20.0 Å². The number of Topliss-reactive ketones (excluding diaryl/α,β-unsaturated/α-hetero) is 2. The van der Waals surface area contributed by atoms with Gasteiger partial charge in [0.2, 0.25) is 5.91 Å². The summed E-state index contributed by atoms with van der Waals surface area (Å²) in [7, 11) is -0.0961. The molecule has 2 aromatic rings. The number of esters is 1. The Morgan fingerprint density at radius 2 is 1.93 bits per heavy atom. The van der Waals surface area contributed by atoms with Gasteiger partial charge in [-0.2, -0.15) is 4.37 Å². The lowest BCUT2D eigenvalue weighted by molar-refractivity contribution is -0.156. The number of benzene rings is 1. The van der Waals surface area contributed by atoms with E-state index in [1.54, 1.807) is 31.2 Å². The zero-order chi connectivity index (χ0) is 30.8. The first-order valence-electron chi connectivity index (χ1n) is 12.9. The summed E-state index contributed by atoms with van der Waals surface area (Å²) in [6.45, 7) is 5.83. The van der Waals surface area contributed by atoms with Crippen LogP contribution < -0.4 is 10.5 Å². The smallest absolute Gasteiger partial charge is 0.355 e. The molecule has 2 N–H and O–H groups in total. The van der Waals surface area contributed by atoms with Crippen LogP contribution in [0.2, 0.25) is 0 Å². The van der Waals surface area contributed by atoms with E-state index in [1.807, 2.05) is 0 Å². The third kappa shape index (κ3) is 6.32. The number of fused-ring (bicyclic) bond motifs is 1. The van der Waals surface area contributed by atoms with Crippen molar-refractivity contribution in [3.63, 3.8) is 0 Å². The summed E-state index contributed by atoms with van der Waals surface area (Å²) < 4.78 is 27.9. The number of nitrogens with zero attached hydrogens (tertiary/aromatic N) is 4. The van der Waals surface area contributed by atoms with E-state index >= 15 is 0 Å². The van der Waals surface area contributed by atoms with Crippen LogP contribution in [0.1, 0.15) is 43.6 Å². The molecule has 224 valence electrons. The Hall–Kier alpha value is -3.82. The lowest BCUT2D eigenvalue weighted by Gasteiger charge is -2.49. The molecule has 1 fully saturated rings. The molecule has 4 rings (SSSR count). The van der Waals surface area contributed by atoms with Crippen LogP contribution in [0, 0.1) is 12.8 Å². The molecule has 0 aliphatic carbocycles. The van der Waals surface area contributed by atoms with E-state index in [0.717, 1.165) is 16.4 Å². The van der Waals surface area contributed by atoms with Crippen molar-refractivity contribution in [3.05, 3.63) is 51.9 Å². The fourth-order valence-electron chi connectivity index (χ4n) is 4.22. The molecule has 0 bridgehead atoms. The summed E-state index contributed by atoms with van der Waals surface area (Å²) in [5.74, 6) is -2.74. The molecule has 0 saturated carbocycles. The molecule has 13 nitrogen and oxygen atoms in total. The second-order valence-corrected chi connectivity index (χ2v) is 12.7. The van der Waals surface area contributed by atoms with Gasteiger partial charge in [0, 0.05) is 23.8 Å². The minimum atomic E-state index is -1.64. The van der Waals surface area contributed by atoms with E-state index in [0.29, 0.717) is 21.9 Å². The second-order valence-electron chi connectivity index (χ2n) is 10.2. The Morgan fingerprint density at radius 3 is 2.50 bits per heavy atom. The molecule has 2 aliphatic heterocycles. The van der Waals surface area contributed by atoms with Gasteiger partial charge in [0.25, 0.3) is 0 Å². The largest absolute Gasteiger partial charge is 0.497 e. The maximum Gasteiger partial charge on any atom is 0.355 e. The number of aromatic nitrogens is 2. The average Bonchev–Trinajstić information content (AvgIpc) is 3.39. The molecule has 1 aromatic heterocycles. The van der Waals surface area contributed by atoms with E-state index in [1.165, 1.54) is 27.9 Å². The topological polar surface area (TPSA) is 180 Å². The Kier molecular flexibility index (Phi) is 9.33. The van der Waals surface area contributed by atoms with Crippen molar-refractivity contribution in [2.75, 3.05) is 19.4 Å². The molecule has 0 radical (unpaired) electrons. The number of methoxy groups -OCH3 is 1. The fraction of sp³-hybridized carbons (Fsp3) is 0.444.